The molecule has 1 N–H and O–H groups in total. The van der Waals surface area contributed by atoms with Crippen LogP contribution in [0.5, 0.6) is 0 Å². The molecule has 8 nitrogen and oxygen atoms in total. The second-order valence-electron chi connectivity index (χ2n) is 5.23. The number of benzene rings is 1. The molecule has 0 radical (unpaired) electrons. The van der Waals surface area contributed by atoms with E-state index in [1.54, 1.807) is 0 Å². The molecule has 2 aromatic rings. The average Bonchev–Trinajstić information content (AvgIpc) is 3.09. The Kier molecular flexibility index (Phi) is 6.42. The standard InChI is InChI=1S/C17H20N4O4S/c1-4-11-21(12-5-2)26(23,24)14-9-7-13(8-10-14)16(22)18-17-20-19-15(6-3)25-17/h4-5,7-10H,1-2,6,11-12H2,3H3,(H,18,20,22). The summed E-state index contributed by atoms with van der Waals surface area (Å²) in [6.07, 6.45) is 3.55. The smallest absolute Gasteiger partial charge is 0.322 e. The number of carbonyl (C=O) groups excluding carboxylic acids is 1. The lowest BCUT2D eigenvalue weighted by molar-refractivity contribution is 0.102. The van der Waals surface area contributed by atoms with Crippen molar-refractivity contribution >= 4 is 21.9 Å². The van der Waals surface area contributed by atoms with Gasteiger partial charge in [0.25, 0.3) is 5.91 Å². The molecule has 1 heterocycles. The summed E-state index contributed by atoms with van der Waals surface area (Å²) in [7, 11) is -3.71. The van der Waals surface area contributed by atoms with Crippen molar-refractivity contribution in [2.45, 2.75) is 18.2 Å². The van der Waals surface area contributed by atoms with Crippen LogP contribution in [0, 0.1) is 0 Å². The molecule has 0 bridgehead atoms. The van der Waals surface area contributed by atoms with Crippen LogP contribution in [-0.2, 0) is 16.4 Å². The minimum Gasteiger partial charge on any atom is -0.408 e. The third-order valence-corrected chi connectivity index (χ3v) is 5.26. The molecule has 0 fully saturated rings. The van der Waals surface area contributed by atoms with Gasteiger partial charge >= 0.3 is 6.01 Å². The second kappa shape index (κ2) is 8.54. The molecule has 26 heavy (non-hydrogen) atoms. The summed E-state index contributed by atoms with van der Waals surface area (Å²) >= 11 is 0. The van der Waals surface area contributed by atoms with Crippen LogP contribution in [0.25, 0.3) is 0 Å². The number of carbonyl (C=O) groups is 1. The molecule has 0 unspecified atom stereocenters. The monoisotopic (exact) mass is 376 g/mol. The van der Waals surface area contributed by atoms with Crippen LogP contribution in [0.4, 0.5) is 6.01 Å². The molecular formula is C17H20N4O4S. The molecule has 0 atom stereocenters. The summed E-state index contributed by atoms with van der Waals surface area (Å²) in [5.41, 5.74) is 0.263. The van der Waals surface area contributed by atoms with Gasteiger partial charge in [-0.1, -0.05) is 24.2 Å². The number of hydrogen-bond donors (Lipinski definition) is 1. The fourth-order valence-electron chi connectivity index (χ4n) is 2.10. The lowest BCUT2D eigenvalue weighted by Crippen LogP contribution is -2.31. The van der Waals surface area contributed by atoms with Gasteiger partial charge in [0.1, 0.15) is 0 Å². The number of rotatable bonds is 9. The van der Waals surface area contributed by atoms with Crippen molar-refractivity contribution in [1.29, 1.82) is 0 Å². The highest BCUT2D eigenvalue weighted by Gasteiger charge is 2.22. The first-order valence-electron chi connectivity index (χ1n) is 7.88. The van der Waals surface area contributed by atoms with Gasteiger partial charge in [-0.2, -0.15) is 4.31 Å². The van der Waals surface area contributed by atoms with Crippen molar-refractivity contribution in [3.05, 3.63) is 61.0 Å². The van der Waals surface area contributed by atoms with Crippen molar-refractivity contribution in [1.82, 2.24) is 14.5 Å². The average molecular weight is 376 g/mol. The van der Waals surface area contributed by atoms with Crippen LogP contribution in [0.1, 0.15) is 23.2 Å². The summed E-state index contributed by atoms with van der Waals surface area (Å²) in [5.74, 6) is -0.0689. The zero-order valence-electron chi connectivity index (χ0n) is 14.4. The molecule has 2 rings (SSSR count). The van der Waals surface area contributed by atoms with E-state index in [0.717, 1.165) is 0 Å². The maximum absolute atomic E-state index is 12.6. The molecule has 0 spiro atoms. The largest absolute Gasteiger partial charge is 0.408 e. The Labute approximate surface area is 152 Å². The summed E-state index contributed by atoms with van der Waals surface area (Å²) in [5, 5.41) is 9.92. The highest BCUT2D eigenvalue weighted by molar-refractivity contribution is 7.89. The molecule has 1 aromatic carbocycles. The predicted molar refractivity (Wildman–Crippen MR) is 97.2 cm³/mol. The van der Waals surface area contributed by atoms with E-state index >= 15 is 0 Å². The highest BCUT2D eigenvalue weighted by atomic mass is 32.2. The van der Waals surface area contributed by atoms with Crippen LogP contribution in [0.15, 0.2) is 58.9 Å². The number of hydrogen-bond acceptors (Lipinski definition) is 6. The minimum atomic E-state index is -3.71. The van der Waals surface area contributed by atoms with Gasteiger partial charge in [-0.3, -0.25) is 10.1 Å². The van der Waals surface area contributed by atoms with E-state index in [1.807, 2.05) is 6.92 Å². The van der Waals surface area contributed by atoms with Gasteiger partial charge in [-0.25, -0.2) is 8.42 Å². The molecule has 0 aliphatic rings. The first-order valence-corrected chi connectivity index (χ1v) is 9.32. The van der Waals surface area contributed by atoms with Gasteiger partial charge in [0.15, 0.2) is 0 Å². The van der Waals surface area contributed by atoms with Gasteiger partial charge in [0.05, 0.1) is 4.90 Å². The quantitative estimate of drug-likeness (QED) is 0.673. The molecular weight excluding hydrogens is 356 g/mol. The summed E-state index contributed by atoms with van der Waals surface area (Å²) in [4.78, 5) is 12.3. The summed E-state index contributed by atoms with van der Waals surface area (Å²) in [6.45, 7) is 9.29. The molecule has 1 amide bonds. The molecule has 138 valence electrons. The lowest BCUT2D eigenvalue weighted by Gasteiger charge is -2.19. The topological polar surface area (TPSA) is 105 Å². The Hall–Kier alpha value is -2.78. The van der Waals surface area contributed by atoms with E-state index in [0.29, 0.717) is 12.3 Å². The van der Waals surface area contributed by atoms with Crippen molar-refractivity contribution < 1.29 is 17.6 Å². The highest BCUT2D eigenvalue weighted by Crippen LogP contribution is 2.17. The van der Waals surface area contributed by atoms with Gasteiger partial charge in [0, 0.05) is 25.1 Å². The van der Waals surface area contributed by atoms with Crippen LogP contribution in [0.3, 0.4) is 0 Å². The van der Waals surface area contributed by atoms with E-state index in [4.69, 9.17) is 4.42 Å². The number of aromatic nitrogens is 2. The molecule has 0 aliphatic heterocycles. The van der Waals surface area contributed by atoms with E-state index in [1.165, 1.54) is 40.7 Å². The van der Waals surface area contributed by atoms with E-state index in [2.05, 4.69) is 28.7 Å². The first kappa shape index (κ1) is 19.5. The summed E-state index contributed by atoms with van der Waals surface area (Å²) < 4.78 is 31.7. The molecule has 1 aromatic heterocycles. The summed E-state index contributed by atoms with van der Waals surface area (Å²) in [6, 6.07) is 5.56. The van der Waals surface area contributed by atoms with E-state index < -0.39 is 15.9 Å². The molecule has 0 aliphatic carbocycles. The van der Waals surface area contributed by atoms with Crippen LogP contribution < -0.4 is 5.32 Å². The third kappa shape index (κ3) is 4.44. The zero-order valence-corrected chi connectivity index (χ0v) is 15.2. The molecule has 0 saturated carbocycles. The third-order valence-electron chi connectivity index (χ3n) is 3.41. The number of anilines is 1. The normalized spacial score (nSPS) is 11.3. The zero-order chi connectivity index (χ0) is 19.2. The van der Waals surface area contributed by atoms with Crippen molar-refractivity contribution in [2.24, 2.45) is 0 Å². The Morgan fingerprint density at radius 1 is 1.19 bits per heavy atom. The molecule has 9 heteroatoms. The lowest BCUT2D eigenvalue weighted by atomic mass is 10.2. The Balaban J connectivity index is 2.16. The maximum atomic E-state index is 12.6. The number of sulfonamides is 1. The van der Waals surface area contributed by atoms with Gasteiger partial charge in [-0.15, -0.1) is 18.3 Å². The van der Waals surface area contributed by atoms with Gasteiger partial charge < -0.3 is 4.42 Å². The SMILES string of the molecule is C=CCN(CC=C)S(=O)(=O)c1ccc(C(=O)Nc2nnc(CC)o2)cc1. The Bertz CT molecular complexity index is 878. The van der Waals surface area contributed by atoms with Crippen molar-refractivity contribution in [3.8, 4) is 0 Å². The van der Waals surface area contributed by atoms with E-state index in [-0.39, 0.29) is 29.6 Å². The van der Waals surface area contributed by atoms with Crippen molar-refractivity contribution in [3.63, 3.8) is 0 Å². The first-order chi connectivity index (χ1) is 12.4. The number of amides is 1. The molecule has 0 saturated heterocycles. The fraction of sp³-hybridized carbons (Fsp3) is 0.235. The Morgan fingerprint density at radius 3 is 2.31 bits per heavy atom. The van der Waals surface area contributed by atoms with Gasteiger partial charge in [-0.05, 0) is 24.3 Å². The van der Waals surface area contributed by atoms with Crippen LogP contribution >= 0.6 is 0 Å². The second-order valence-corrected chi connectivity index (χ2v) is 7.17. The fourth-order valence-corrected chi connectivity index (χ4v) is 3.48. The number of nitrogens with zero attached hydrogens (tertiary/aromatic N) is 3. The maximum Gasteiger partial charge on any atom is 0.322 e. The van der Waals surface area contributed by atoms with Crippen LogP contribution in [-0.4, -0.2) is 41.9 Å². The van der Waals surface area contributed by atoms with Crippen molar-refractivity contribution in [2.75, 3.05) is 18.4 Å². The van der Waals surface area contributed by atoms with E-state index in [9.17, 15) is 13.2 Å². The minimum absolute atomic E-state index is 0.00770. The number of aryl methyl sites for hydroxylation is 1. The van der Waals surface area contributed by atoms with Gasteiger partial charge in [0.2, 0.25) is 15.9 Å². The Morgan fingerprint density at radius 2 is 1.81 bits per heavy atom. The van der Waals surface area contributed by atoms with Crippen LogP contribution in [0.2, 0.25) is 0 Å². The predicted octanol–water partition coefficient (Wildman–Crippen LogP) is 2.25. The number of nitrogens with one attached hydrogen (secondary N) is 1.